The zero-order valence-corrected chi connectivity index (χ0v) is 21.1. The lowest BCUT2D eigenvalue weighted by atomic mass is 10.0. The third kappa shape index (κ3) is 5.26. The van der Waals surface area contributed by atoms with Crippen LogP contribution in [0.3, 0.4) is 0 Å². The molecule has 4 heterocycles. The van der Waals surface area contributed by atoms with E-state index in [-0.39, 0.29) is 18.8 Å². The molecule has 1 aliphatic rings. The van der Waals surface area contributed by atoms with Crippen LogP contribution in [0, 0.1) is 0 Å². The minimum atomic E-state index is -2.75. The van der Waals surface area contributed by atoms with Crippen LogP contribution >= 0.6 is 0 Å². The molecule has 2 atom stereocenters. The van der Waals surface area contributed by atoms with E-state index in [0.29, 0.717) is 23.9 Å². The van der Waals surface area contributed by atoms with Crippen molar-refractivity contribution in [1.82, 2.24) is 29.8 Å². The topological polar surface area (TPSA) is 135 Å². The number of aromatic nitrogens is 4. The minimum absolute atomic E-state index is 0.0732. The first kappa shape index (κ1) is 24.4. The maximum absolute atomic E-state index is 11.0. The molecule has 11 nitrogen and oxygen atoms in total. The summed E-state index contributed by atoms with van der Waals surface area (Å²) in [5.74, 6) is 1.63. The van der Waals surface area contributed by atoms with E-state index in [1.807, 2.05) is 18.2 Å². The summed E-state index contributed by atoms with van der Waals surface area (Å²) >= 11 is 0. The molecule has 4 aromatic rings. The predicted octanol–water partition coefficient (Wildman–Crippen LogP) is 2.51. The van der Waals surface area contributed by atoms with Crippen molar-refractivity contribution in [3.63, 3.8) is 0 Å². The summed E-state index contributed by atoms with van der Waals surface area (Å²) in [6.07, 6.45) is 5.54. The van der Waals surface area contributed by atoms with Crippen molar-refractivity contribution in [2.45, 2.75) is 39.1 Å². The molecule has 1 aromatic carbocycles. The van der Waals surface area contributed by atoms with Gasteiger partial charge in [0, 0.05) is 47.9 Å². The molecular formula is C24H28N6O5S. The van der Waals surface area contributed by atoms with Crippen molar-refractivity contribution < 1.29 is 22.3 Å². The van der Waals surface area contributed by atoms with Crippen LogP contribution in [0.4, 0.5) is 0 Å². The zero-order valence-electron chi connectivity index (χ0n) is 20.2. The van der Waals surface area contributed by atoms with Gasteiger partial charge in [-0.05, 0) is 37.6 Å². The van der Waals surface area contributed by atoms with Gasteiger partial charge in [-0.1, -0.05) is 0 Å². The molecule has 0 bridgehead atoms. The highest BCUT2D eigenvalue weighted by Gasteiger charge is 2.23. The number of pyridine rings is 1. The van der Waals surface area contributed by atoms with Crippen molar-refractivity contribution in [2.75, 3.05) is 20.2 Å². The number of nitrogens with zero attached hydrogens (tertiary/aromatic N) is 4. The standard InChI is InChI=1S/C24H28N6O5S/c1-14-11-30(12-15(2)34-14)13-19-9-26-24(35-19)20-5-16(6-22-21(20)10-27-29-22)17-4-18(8-28-36(31)32)23(33-3)25-7-17/h4-7,9-10,14-15,36H,8,11-13H2,1-3H3,(H,27,29)(H,28,31,32)/t14-,15-/m1/s1. The van der Waals surface area contributed by atoms with Gasteiger partial charge in [0.15, 0.2) is 0 Å². The number of fused-ring (bicyclic) bond motifs is 1. The van der Waals surface area contributed by atoms with Gasteiger partial charge in [0.2, 0.25) is 22.7 Å². The highest BCUT2D eigenvalue weighted by atomic mass is 32.2. The molecule has 0 spiro atoms. The van der Waals surface area contributed by atoms with Gasteiger partial charge in [0.1, 0.15) is 5.76 Å². The van der Waals surface area contributed by atoms with Crippen LogP contribution in [-0.4, -0.2) is 65.9 Å². The first-order valence-electron chi connectivity index (χ1n) is 11.6. The molecular weight excluding hydrogens is 484 g/mol. The highest BCUT2D eigenvalue weighted by molar-refractivity contribution is 7.70. The Labute approximate surface area is 209 Å². The quantitative estimate of drug-likeness (QED) is 0.304. The number of ether oxygens (including phenoxy) is 2. The molecule has 12 heteroatoms. The number of aromatic amines is 1. The lowest BCUT2D eigenvalue weighted by Crippen LogP contribution is -2.44. The van der Waals surface area contributed by atoms with Gasteiger partial charge >= 0.3 is 0 Å². The summed E-state index contributed by atoms with van der Waals surface area (Å²) in [5.41, 5.74) is 3.86. The van der Waals surface area contributed by atoms with Gasteiger partial charge in [-0.25, -0.2) is 23.1 Å². The van der Waals surface area contributed by atoms with Gasteiger partial charge in [-0.2, -0.15) is 5.10 Å². The van der Waals surface area contributed by atoms with Crippen LogP contribution in [0.1, 0.15) is 25.2 Å². The Hall–Kier alpha value is -3.32. The molecule has 0 unspecified atom stereocenters. The van der Waals surface area contributed by atoms with Crippen LogP contribution in [0.25, 0.3) is 33.5 Å². The molecule has 3 aromatic heterocycles. The fraction of sp³-hybridized carbons (Fsp3) is 0.375. The van der Waals surface area contributed by atoms with E-state index < -0.39 is 10.9 Å². The summed E-state index contributed by atoms with van der Waals surface area (Å²) in [5, 5.41) is 8.11. The lowest BCUT2D eigenvalue weighted by molar-refractivity contribution is -0.0718. The lowest BCUT2D eigenvalue weighted by Gasteiger charge is -2.34. The van der Waals surface area contributed by atoms with Crippen LogP contribution < -0.4 is 9.46 Å². The van der Waals surface area contributed by atoms with E-state index in [4.69, 9.17) is 13.9 Å². The van der Waals surface area contributed by atoms with Gasteiger partial charge in [-0.3, -0.25) is 10.00 Å². The van der Waals surface area contributed by atoms with Crippen molar-refractivity contribution in [3.8, 4) is 28.5 Å². The minimum Gasteiger partial charge on any atom is -0.481 e. The summed E-state index contributed by atoms with van der Waals surface area (Å²) in [7, 11) is -1.25. The number of nitrogens with one attached hydrogen (secondary N) is 2. The first-order chi connectivity index (χ1) is 17.4. The summed E-state index contributed by atoms with van der Waals surface area (Å²) in [6, 6.07) is 5.78. The first-order valence-corrected chi connectivity index (χ1v) is 12.8. The van der Waals surface area contributed by atoms with E-state index in [1.54, 1.807) is 18.6 Å². The number of H-pyrrole nitrogens is 1. The van der Waals surface area contributed by atoms with Gasteiger partial charge in [0.05, 0.1) is 43.8 Å². The van der Waals surface area contributed by atoms with Crippen LogP contribution in [0.15, 0.2) is 41.2 Å². The maximum atomic E-state index is 11.0. The SMILES string of the molecule is COc1ncc(-c2cc(-c3ncc(CN4C[C@@H](C)O[C@H](C)C4)o3)c3cn[nH]c3c2)cc1CN[SH](=O)=O. The van der Waals surface area contributed by atoms with Crippen molar-refractivity contribution >= 4 is 21.8 Å². The Balaban J connectivity index is 1.47. The van der Waals surface area contributed by atoms with Gasteiger partial charge in [-0.15, -0.1) is 0 Å². The van der Waals surface area contributed by atoms with Crippen LogP contribution in [0.5, 0.6) is 5.88 Å². The molecule has 0 amide bonds. The van der Waals surface area contributed by atoms with Crippen LogP contribution in [-0.2, 0) is 28.7 Å². The third-order valence-electron chi connectivity index (χ3n) is 6.07. The second kappa shape index (κ2) is 10.3. The molecule has 1 saturated heterocycles. The number of benzene rings is 1. The van der Waals surface area contributed by atoms with E-state index in [1.165, 1.54) is 7.11 Å². The van der Waals surface area contributed by atoms with Gasteiger partial charge < -0.3 is 13.9 Å². The number of oxazole rings is 1. The van der Waals surface area contributed by atoms with Crippen molar-refractivity contribution in [1.29, 1.82) is 0 Å². The summed E-state index contributed by atoms with van der Waals surface area (Å²) in [6.45, 7) is 6.55. The summed E-state index contributed by atoms with van der Waals surface area (Å²) in [4.78, 5) is 11.2. The van der Waals surface area contributed by atoms with Gasteiger partial charge in [0.25, 0.3) is 0 Å². The second-order valence-corrected chi connectivity index (χ2v) is 9.75. The maximum Gasteiger partial charge on any atom is 0.227 e. The molecule has 1 fully saturated rings. The fourth-order valence-corrected chi connectivity index (χ4v) is 4.95. The van der Waals surface area contributed by atoms with Crippen molar-refractivity contribution in [3.05, 3.63) is 48.1 Å². The number of hydrogen-bond donors (Lipinski definition) is 3. The molecule has 5 rings (SSSR count). The number of methoxy groups -OCH3 is 1. The Morgan fingerprint density at radius 2 is 1.92 bits per heavy atom. The molecule has 0 aliphatic carbocycles. The largest absolute Gasteiger partial charge is 0.481 e. The van der Waals surface area contributed by atoms with E-state index in [0.717, 1.165) is 46.4 Å². The Bertz CT molecular complexity index is 1430. The number of rotatable bonds is 8. The molecule has 1 aliphatic heterocycles. The normalized spacial score (nSPS) is 18.8. The Kier molecular flexibility index (Phi) is 7.01. The zero-order chi connectivity index (χ0) is 25.2. The number of morpholine rings is 1. The van der Waals surface area contributed by atoms with E-state index in [2.05, 4.69) is 43.6 Å². The van der Waals surface area contributed by atoms with E-state index >= 15 is 0 Å². The van der Waals surface area contributed by atoms with Crippen molar-refractivity contribution in [2.24, 2.45) is 0 Å². The second-order valence-electron chi connectivity index (χ2n) is 8.92. The van der Waals surface area contributed by atoms with E-state index in [9.17, 15) is 8.42 Å². The number of hydrogen-bond acceptors (Lipinski definition) is 9. The fourth-order valence-electron chi connectivity index (χ4n) is 4.65. The molecule has 36 heavy (non-hydrogen) atoms. The predicted molar refractivity (Wildman–Crippen MR) is 134 cm³/mol. The summed E-state index contributed by atoms with van der Waals surface area (Å²) < 4.78 is 41.8. The smallest absolute Gasteiger partial charge is 0.227 e. The molecule has 2 N–H and O–H groups in total. The third-order valence-corrected chi connectivity index (χ3v) is 6.48. The average molecular weight is 513 g/mol. The van der Waals surface area contributed by atoms with Crippen LogP contribution in [0.2, 0.25) is 0 Å². The monoisotopic (exact) mass is 512 g/mol. The number of thiol groups is 1. The Morgan fingerprint density at radius 1 is 1.11 bits per heavy atom. The average Bonchev–Trinajstić information content (AvgIpc) is 3.51. The molecule has 190 valence electrons. The Morgan fingerprint density at radius 3 is 2.67 bits per heavy atom. The molecule has 0 radical (unpaired) electrons. The molecule has 0 saturated carbocycles. The highest BCUT2D eigenvalue weighted by Crippen LogP contribution is 2.34.